The summed E-state index contributed by atoms with van der Waals surface area (Å²) in [6, 6.07) is 6.16. The van der Waals surface area contributed by atoms with Crippen molar-refractivity contribution in [2.45, 2.75) is 17.7 Å². The smallest absolute Gasteiger partial charge is 0.212 e. The molecule has 1 aliphatic rings. The van der Waals surface area contributed by atoms with Crippen molar-refractivity contribution >= 4 is 36.0 Å². The summed E-state index contributed by atoms with van der Waals surface area (Å²) in [6.45, 7) is 0.931. The summed E-state index contributed by atoms with van der Waals surface area (Å²) in [5.41, 5.74) is 0. The summed E-state index contributed by atoms with van der Waals surface area (Å²) in [5, 5.41) is 0. The lowest BCUT2D eigenvalue weighted by atomic mass is 10.4. The molecule has 21 heavy (non-hydrogen) atoms. The third-order valence-electron chi connectivity index (χ3n) is 3.23. The Bertz CT molecular complexity index is 680. The second-order valence-electron chi connectivity index (χ2n) is 4.77. The van der Waals surface area contributed by atoms with Crippen LogP contribution in [0.2, 0.25) is 0 Å². The summed E-state index contributed by atoms with van der Waals surface area (Å²) in [4.78, 5) is 0.115. The molecule has 0 spiro atoms. The van der Waals surface area contributed by atoms with Crippen LogP contribution in [0.1, 0.15) is 12.8 Å². The largest absolute Gasteiger partial charge is 0.240 e. The lowest BCUT2D eigenvalue weighted by Gasteiger charge is -2.15. The molecule has 1 fully saturated rings. The Hall–Kier alpha value is -0.480. The van der Waals surface area contributed by atoms with Crippen molar-refractivity contribution in [1.29, 1.82) is 0 Å². The van der Waals surface area contributed by atoms with Crippen LogP contribution in [0.25, 0.3) is 0 Å². The molecule has 1 N–H and O–H groups in total. The van der Waals surface area contributed by atoms with E-state index in [0.717, 1.165) is 17.3 Å². The number of nitrogens with zero attached hydrogens (tertiary/aromatic N) is 1. The first kappa shape index (κ1) is 16.9. The van der Waals surface area contributed by atoms with Gasteiger partial charge >= 0.3 is 0 Å². The van der Waals surface area contributed by atoms with E-state index in [9.17, 15) is 16.8 Å². The van der Waals surface area contributed by atoms with E-state index in [1.807, 2.05) is 0 Å². The zero-order valence-corrected chi connectivity index (χ0v) is 14.5. The molecule has 1 saturated heterocycles. The maximum absolute atomic E-state index is 12.0. The number of nitrogens with one attached hydrogen (secondary N) is 1. The van der Waals surface area contributed by atoms with Crippen LogP contribution in [0, 0.1) is 0 Å². The molecule has 0 unspecified atom stereocenters. The van der Waals surface area contributed by atoms with E-state index in [2.05, 4.69) is 20.7 Å². The molecule has 0 amide bonds. The molecule has 0 saturated carbocycles. The second kappa shape index (κ2) is 6.74. The predicted octanol–water partition coefficient (Wildman–Crippen LogP) is 1.15. The molecule has 2 rings (SSSR count). The first-order valence-electron chi connectivity index (χ1n) is 6.54. The fraction of sp³-hybridized carbons (Fsp3) is 0.500. The van der Waals surface area contributed by atoms with E-state index < -0.39 is 20.0 Å². The predicted molar refractivity (Wildman–Crippen MR) is 83.9 cm³/mol. The van der Waals surface area contributed by atoms with E-state index in [1.54, 1.807) is 12.1 Å². The van der Waals surface area contributed by atoms with Gasteiger partial charge in [-0.15, -0.1) is 0 Å². The average Bonchev–Trinajstić information content (AvgIpc) is 2.93. The maximum atomic E-state index is 12.0. The van der Waals surface area contributed by atoms with Gasteiger partial charge in [-0.2, -0.15) is 0 Å². The number of rotatable bonds is 6. The van der Waals surface area contributed by atoms with Gasteiger partial charge < -0.3 is 0 Å². The second-order valence-corrected chi connectivity index (χ2v) is 9.54. The van der Waals surface area contributed by atoms with Gasteiger partial charge in [0.2, 0.25) is 20.0 Å². The molecule has 1 aliphatic heterocycles. The maximum Gasteiger partial charge on any atom is 0.240 e. The van der Waals surface area contributed by atoms with Crippen LogP contribution in [0.5, 0.6) is 0 Å². The zero-order valence-electron chi connectivity index (χ0n) is 11.3. The first-order chi connectivity index (χ1) is 9.81. The minimum absolute atomic E-state index is 0.115. The van der Waals surface area contributed by atoms with E-state index >= 15 is 0 Å². The average molecular weight is 397 g/mol. The number of hydrogen-bond donors (Lipinski definition) is 1. The molecule has 6 nitrogen and oxygen atoms in total. The Kier molecular flexibility index (Phi) is 5.42. The van der Waals surface area contributed by atoms with Crippen LogP contribution in [0.4, 0.5) is 0 Å². The Morgan fingerprint density at radius 1 is 1.05 bits per heavy atom. The fourth-order valence-electron chi connectivity index (χ4n) is 2.10. The van der Waals surface area contributed by atoms with Gasteiger partial charge in [0.25, 0.3) is 0 Å². The van der Waals surface area contributed by atoms with Gasteiger partial charge in [0, 0.05) is 24.1 Å². The van der Waals surface area contributed by atoms with Crippen LogP contribution in [-0.2, 0) is 20.0 Å². The molecule has 0 aliphatic carbocycles. The minimum Gasteiger partial charge on any atom is -0.212 e. The van der Waals surface area contributed by atoms with Crippen molar-refractivity contribution < 1.29 is 16.8 Å². The molecule has 1 heterocycles. The highest BCUT2D eigenvalue weighted by molar-refractivity contribution is 9.10. The Morgan fingerprint density at radius 2 is 1.62 bits per heavy atom. The van der Waals surface area contributed by atoms with Crippen molar-refractivity contribution in [2.24, 2.45) is 0 Å². The Morgan fingerprint density at radius 3 is 2.19 bits per heavy atom. The molecular formula is C12H17BrN2O4S2. The third kappa shape index (κ3) is 4.49. The number of halogens is 1. The Balaban J connectivity index is 1.94. The van der Waals surface area contributed by atoms with Crippen LogP contribution in [0.3, 0.4) is 0 Å². The Labute approximate surface area is 133 Å². The van der Waals surface area contributed by atoms with Crippen molar-refractivity contribution in [1.82, 2.24) is 9.03 Å². The van der Waals surface area contributed by atoms with Gasteiger partial charge in [-0.3, -0.25) is 0 Å². The summed E-state index contributed by atoms with van der Waals surface area (Å²) in [6.07, 6.45) is 1.73. The highest BCUT2D eigenvalue weighted by atomic mass is 79.9. The van der Waals surface area contributed by atoms with Gasteiger partial charge in [0.05, 0.1) is 10.6 Å². The van der Waals surface area contributed by atoms with Crippen molar-refractivity contribution in [3.05, 3.63) is 28.7 Å². The molecule has 0 radical (unpaired) electrons. The van der Waals surface area contributed by atoms with Crippen LogP contribution >= 0.6 is 15.9 Å². The van der Waals surface area contributed by atoms with Crippen LogP contribution in [0.15, 0.2) is 33.6 Å². The van der Waals surface area contributed by atoms with Crippen molar-refractivity contribution in [3.63, 3.8) is 0 Å². The highest BCUT2D eigenvalue weighted by Crippen LogP contribution is 2.15. The number of sulfonamides is 2. The fourth-order valence-corrected chi connectivity index (χ4v) is 4.96. The van der Waals surface area contributed by atoms with Gasteiger partial charge in [0.1, 0.15) is 0 Å². The third-order valence-corrected chi connectivity index (χ3v) is 7.11. The summed E-state index contributed by atoms with van der Waals surface area (Å²) in [5.74, 6) is -0.219. The zero-order chi connectivity index (χ0) is 15.5. The normalized spacial score (nSPS) is 17.2. The summed E-state index contributed by atoms with van der Waals surface area (Å²) in [7, 11) is -7.05. The first-order valence-corrected chi connectivity index (χ1v) is 10.4. The molecule has 1 aromatic carbocycles. The van der Waals surface area contributed by atoms with E-state index in [4.69, 9.17) is 0 Å². The van der Waals surface area contributed by atoms with Gasteiger partial charge in [0.15, 0.2) is 0 Å². The van der Waals surface area contributed by atoms with Crippen LogP contribution < -0.4 is 4.72 Å². The number of benzene rings is 1. The molecule has 9 heteroatoms. The molecule has 0 atom stereocenters. The minimum atomic E-state index is -3.68. The van der Waals surface area contributed by atoms with Crippen LogP contribution in [-0.4, -0.2) is 46.5 Å². The molecule has 118 valence electrons. The topological polar surface area (TPSA) is 83.5 Å². The van der Waals surface area contributed by atoms with E-state index in [1.165, 1.54) is 16.4 Å². The quantitative estimate of drug-likeness (QED) is 0.781. The number of hydrogen-bond acceptors (Lipinski definition) is 4. The lowest BCUT2D eigenvalue weighted by Crippen LogP contribution is -2.36. The molecule has 1 aromatic rings. The van der Waals surface area contributed by atoms with E-state index in [0.29, 0.717) is 13.1 Å². The van der Waals surface area contributed by atoms with Gasteiger partial charge in [-0.25, -0.2) is 25.9 Å². The monoisotopic (exact) mass is 396 g/mol. The SMILES string of the molecule is O=S(=O)(NCCS(=O)(=O)N1CCCC1)c1ccc(Br)cc1. The summed E-state index contributed by atoms with van der Waals surface area (Å²) >= 11 is 3.23. The van der Waals surface area contributed by atoms with Crippen molar-refractivity contribution in [3.8, 4) is 0 Å². The standard InChI is InChI=1S/C12H17BrN2O4S2/c13-11-3-5-12(6-4-11)21(18,19)14-7-10-20(16,17)15-8-1-2-9-15/h3-6,14H,1-2,7-10H2. The highest BCUT2D eigenvalue weighted by Gasteiger charge is 2.25. The molecular weight excluding hydrogens is 380 g/mol. The lowest BCUT2D eigenvalue weighted by molar-refractivity contribution is 0.477. The van der Waals surface area contributed by atoms with Gasteiger partial charge in [-0.05, 0) is 37.1 Å². The molecule has 0 aromatic heterocycles. The molecule has 0 bridgehead atoms. The van der Waals surface area contributed by atoms with E-state index in [-0.39, 0.29) is 17.2 Å². The summed E-state index contributed by atoms with van der Waals surface area (Å²) < 4.78 is 52.5. The van der Waals surface area contributed by atoms with Gasteiger partial charge in [-0.1, -0.05) is 15.9 Å². The van der Waals surface area contributed by atoms with Crippen molar-refractivity contribution in [2.75, 3.05) is 25.4 Å².